The largest absolute Gasteiger partial charge is 0.356 e. The van der Waals surface area contributed by atoms with E-state index in [1.54, 1.807) is 17.9 Å². The minimum absolute atomic E-state index is 0.106. The van der Waals surface area contributed by atoms with Crippen molar-refractivity contribution in [1.29, 1.82) is 0 Å². The zero-order chi connectivity index (χ0) is 18.0. The first-order valence-electron chi connectivity index (χ1n) is 8.02. The minimum atomic E-state index is -0.616. The summed E-state index contributed by atoms with van der Waals surface area (Å²) < 4.78 is 28.9. The highest BCUT2D eigenvalue weighted by Crippen LogP contribution is 2.25. The van der Waals surface area contributed by atoms with Crippen molar-refractivity contribution in [1.82, 2.24) is 25.1 Å². The molecular weight excluding hydrogens is 328 g/mol. The molecule has 3 rings (SSSR count). The fourth-order valence-electron chi connectivity index (χ4n) is 2.90. The summed E-state index contributed by atoms with van der Waals surface area (Å²) in [6.45, 7) is 4.43. The molecule has 6 nitrogen and oxygen atoms in total. The first-order valence-corrected chi connectivity index (χ1v) is 8.02. The van der Waals surface area contributed by atoms with E-state index < -0.39 is 11.6 Å². The SMILES string of the molecule is Cc1[nH]c2c(F)cc(F)cc2c1CCNC(=O)C(C)Cn1cncn1. The number of fused-ring (bicyclic) bond motifs is 1. The van der Waals surface area contributed by atoms with Gasteiger partial charge in [-0.1, -0.05) is 6.92 Å². The van der Waals surface area contributed by atoms with Gasteiger partial charge in [0.15, 0.2) is 0 Å². The van der Waals surface area contributed by atoms with Crippen LogP contribution in [0.1, 0.15) is 18.2 Å². The molecule has 8 heteroatoms. The number of hydrogen-bond donors (Lipinski definition) is 2. The number of rotatable bonds is 6. The molecule has 2 aromatic heterocycles. The molecule has 0 aliphatic rings. The second-order valence-electron chi connectivity index (χ2n) is 6.10. The summed E-state index contributed by atoms with van der Waals surface area (Å²) in [7, 11) is 0. The fraction of sp³-hybridized carbons (Fsp3) is 0.353. The smallest absolute Gasteiger partial charge is 0.224 e. The quantitative estimate of drug-likeness (QED) is 0.719. The first kappa shape index (κ1) is 17.1. The lowest BCUT2D eigenvalue weighted by Gasteiger charge is -2.12. The number of aryl methyl sites for hydroxylation is 1. The Kier molecular flexibility index (Phi) is 4.78. The van der Waals surface area contributed by atoms with E-state index in [4.69, 9.17) is 0 Å². The molecule has 0 bridgehead atoms. The molecule has 2 heterocycles. The highest BCUT2D eigenvalue weighted by molar-refractivity contribution is 5.85. The third-order valence-corrected chi connectivity index (χ3v) is 4.19. The van der Waals surface area contributed by atoms with Gasteiger partial charge in [-0.2, -0.15) is 5.10 Å². The highest BCUT2D eigenvalue weighted by atomic mass is 19.1. The van der Waals surface area contributed by atoms with E-state index in [-0.39, 0.29) is 11.8 Å². The Hall–Kier alpha value is -2.77. The molecule has 0 saturated carbocycles. The van der Waals surface area contributed by atoms with E-state index in [9.17, 15) is 13.6 Å². The maximum absolute atomic E-state index is 13.8. The van der Waals surface area contributed by atoms with E-state index in [1.807, 2.05) is 6.92 Å². The van der Waals surface area contributed by atoms with Gasteiger partial charge in [0.25, 0.3) is 0 Å². The molecule has 3 aromatic rings. The fourth-order valence-corrected chi connectivity index (χ4v) is 2.90. The summed E-state index contributed by atoms with van der Waals surface area (Å²) in [4.78, 5) is 18.9. The molecule has 132 valence electrons. The molecule has 0 radical (unpaired) electrons. The number of H-pyrrole nitrogens is 1. The molecule has 0 aliphatic carbocycles. The highest BCUT2D eigenvalue weighted by Gasteiger charge is 2.16. The number of nitrogens with zero attached hydrogens (tertiary/aromatic N) is 3. The standard InChI is InChI=1S/C17H19F2N5O/c1-10(7-24-9-20-8-22-24)17(25)21-4-3-13-11(2)23-16-14(13)5-12(18)6-15(16)19/h5-6,8-10,23H,3-4,7H2,1-2H3,(H,21,25). The summed E-state index contributed by atoms with van der Waals surface area (Å²) in [5, 5.41) is 7.34. The van der Waals surface area contributed by atoms with Crippen molar-refractivity contribution in [3.8, 4) is 0 Å². The van der Waals surface area contributed by atoms with E-state index >= 15 is 0 Å². The third-order valence-electron chi connectivity index (χ3n) is 4.19. The van der Waals surface area contributed by atoms with Crippen LogP contribution in [-0.2, 0) is 17.8 Å². The van der Waals surface area contributed by atoms with Crippen LogP contribution in [0.2, 0.25) is 0 Å². The summed E-state index contributed by atoms with van der Waals surface area (Å²) in [6, 6.07) is 2.17. The number of carbonyl (C=O) groups is 1. The lowest BCUT2D eigenvalue weighted by molar-refractivity contribution is -0.124. The van der Waals surface area contributed by atoms with Gasteiger partial charge < -0.3 is 10.3 Å². The zero-order valence-corrected chi connectivity index (χ0v) is 14.0. The predicted molar refractivity (Wildman–Crippen MR) is 88.9 cm³/mol. The normalized spacial score (nSPS) is 12.5. The third kappa shape index (κ3) is 3.67. The molecule has 1 amide bonds. The van der Waals surface area contributed by atoms with E-state index in [0.717, 1.165) is 17.3 Å². The molecular formula is C17H19F2N5O. The van der Waals surface area contributed by atoms with Crippen molar-refractivity contribution in [3.05, 3.63) is 47.7 Å². The number of aromatic amines is 1. The zero-order valence-electron chi connectivity index (χ0n) is 14.0. The van der Waals surface area contributed by atoms with Gasteiger partial charge in [0.2, 0.25) is 5.91 Å². The lowest BCUT2D eigenvalue weighted by atomic mass is 10.1. The summed E-state index contributed by atoms with van der Waals surface area (Å²) in [5.41, 5.74) is 1.86. The Bertz CT molecular complexity index is 888. The average molecular weight is 347 g/mol. The van der Waals surface area contributed by atoms with Crippen LogP contribution in [0.5, 0.6) is 0 Å². The van der Waals surface area contributed by atoms with Crippen LogP contribution in [0.4, 0.5) is 8.78 Å². The summed E-state index contributed by atoms with van der Waals surface area (Å²) in [5.74, 6) is -1.60. The molecule has 0 fully saturated rings. The second-order valence-corrected chi connectivity index (χ2v) is 6.10. The van der Waals surface area contributed by atoms with Gasteiger partial charge >= 0.3 is 0 Å². The van der Waals surface area contributed by atoms with Gasteiger partial charge in [0, 0.05) is 23.7 Å². The first-order chi connectivity index (χ1) is 12.0. The Balaban J connectivity index is 1.63. The Morgan fingerprint density at radius 1 is 1.40 bits per heavy atom. The van der Waals surface area contributed by atoms with Crippen molar-refractivity contribution < 1.29 is 13.6 Å². The van der Waals surface area contributed by atoms with Crippen molar-refractivity contribution in [2.75, 3.05) is 6.54 Å². The number of nitrogens with one attached hydrogen (secondary N) is 2. The van der Waals surface area contributed by atoms with Gasteiger partial charge in [-0.15, -0.1) is 0 Å². The number of amides is 1. The predicted octanol–water partition coefficient (Wildman–Crippen LogP) is 2.34. The number of hydrogen-bond acceptors (Lipinski definition) is 3. The number of aromatic nitrogens is 4. The van der Waals surface area contributed by atoms with E-state index in [1.165, 1.54) is 12.4 Å². The van der Waals surface area contributed by atoms with Gasteiger partial charge in [-0.05, 0) is 25.0 Å². The summed E-state index contributed by atoms with van der Waals surface area (Å²) in [6.07, 6.45) is 3.46. The molecule has 1 aromatic carbocycles. The molecule has 1 unspecified atom stereocenters. The van der Waals surface area contributed by atoms with Crippen LogP contribution in [-0.4, -0.2) is 32.2 Å². The maximum atomic E-state index is 13.8. The van der Waals surface area contributed by atoms with Gasteiger partial charge in [0.05, 0.1) is 18.0 Å². The van der Waals surface area contributed by atoms with Gasteiger partial charge in [0.1, 0.15) is 24.3 Å². The van der Waals surface area contributed by atoms with Crippen molar-refractivity contribution >= 4 is 16.8 Å². The molecule has 1 atom stereocenters. The number of benzene rings is 1. The molecule has 25 heavy (non-hydrogen) atoms. The van der Waals surface area contributed by atoms with E-state index in [0.29, 0.717) is 30.4 Å². The lowest BCUT2D eigenvalue weighted by Crippen LogP contribution is -2.33. The van der Waals surface area contributed by atoms with Crippen LogP contribution >= 0.6 is 0 Å². The minimum Gasteiger partial charge on any atom is -0.356 e. The van der Waals surface area contributed by atoms with Gasteiger partial charge in [-0.3, -0.25) is 9.48 Å². The van der Waals surface area contributed by atoms with Crippen molar-refractivity contribution in [2.45, 2.75) is 26.8 Å². The monoisotopic (exact) mass is 347 g/mol. The molecule has 0 spiro atoms. The van der Waals surface area contributed by atoms with Crippen LogP contribution in [0, 0.1) is 24.5 Å². The van der Waals surface area contributed by atoms with Gasteiger partial charge in [-0.25, -0.2) is 13.8 Å². The average Bonchev–Trinajstić information content (AvgIpc) is 3.16. The Morgan fingerprint density at radius 3 is 2.92 bits per heavy atom. The molecule has 0 aliphatic heterocycles. The Labute approximate surface area is 143 Å². The van der Waals surface area contributed by atoms with Crippen molar-refractivity contribution in [3.63, 3.8) is 0 Å². The Morgan fingerprint density at radius 2 is 2.20 bits per heavy atom. The summed E-state index contributed by atoms with van der Waals surface area (Å²) >= 11 is 0. The van der Waals surface area contributed by atoms with Crippen LogP contribution < -0.4 is 5.32 Å². The number of carbonyl (C=O) groups excluding carboxylic acids is 1. The second kappa shape index (κ2) is 7.00. The van der Waals surface area contributed by atoms with Crippen LogP contribution in [0.15, 0.2) is 24.8 Å². The van der Waals surface area contributed by atoms with Crippen molar-refractivity contribution in [2.24, 2.45) is 5.92 Å². The van der Waals surface area contributed by atoms with Crippen LogP contribution in [0.3, 0.4) is 0 Å². The molecule has 0 saturated heterocycles. The topological polar surface area (TPSA) is 75.6 Å². The number of halogens is 2. The van der Waals surface area contributed by atoms with Crippen LogP contribution in [0.25, 0.3) is 10.9 Å². The maximum Gasteiger partial charge on any atom is 0.224 e. The molecule has 2 N–H and O–H groups in total. The van der Waals surface area contributed by atoms with E-state index in [2.05, 4.69) is 20.4 Å².